The van der Waals surface area contributed by atoms with Gasteiger partial charge in [0.15, 0.2) is 6.61 Å². The lowest BCUT2D eigenvalue weighted by Gasteiger charge is -2.09. The molecule has 18 heavy (non-hydrogen) atoms. The third-order valence-electron chi connectivity index (χ3n) is 2.52. The standard InChI is InChI=1S/C14H21NO3/c1-3-4-9-17-14(16)10-18-13-7-5-12(6-8-13)11(2)15/h5-8,11H,3-4,9-10,15H2,1-2H3. The van der Waals surface area contributed by atoms with Crippen molar-refractivity contribution >= 4 is 5.97 Å². The van der Waals surface area contributed by atoms with Gasteiger partial charge in [0.25, 0.3) is 0 Å². The van der Waals surface area contributed by atoms with E-state index in [9.17, 15) is 4.79 Å². The second kappa shape index (κ2) is 7.71. The molecule has 0 bridgehead atoms. The maximum absolute atomic E-state index is 11.3. The van der Waals surface area contributed by atoms with E-state index in [4.69, 9.17) is 15.2 Å². The van der Waals surface area contributed by atoms with Gasteiger partial charge in [-0.15, -0.1) is 0 Å². The average molecular weight is 251 g/mol. The number of hydrogen-bond acceptors (Lipinski definition) is 4. The van der Waals surface area contributed by atoms with Crippen LogP contribution in [0, 0.1) is 0 Å². The number of carbonyl (C=O) groups is 1. The molecule has 0 aliphatic carbocycles. The molecule has 1 aromatic carbocycles. The fourth-order valence-electron chi connectivity index (χ4n) is 1.38. The lowest BCUT2D eigenvalue weighted by Crippen LogP contribution is -2.15. The first kappa shape index (κ1) is 14.5. The van der Waals surface area contributed by atoms with E-state index in [2.05, 4.69) is 0 Å². The molecule has 0 amide bonds. The molecule has 1 rings (SSSR count). The van der Waals surface area contributed by atoms with E-state index in [-0.39, 0.29) is 18.6 Å². The smallest absolute Gasteiger partial charge is 0.344 e. The first-order valence-electron chi connectivity index (χ1n) is 6.27. The van der Waals surface area contributed by atoms with Crippen LogP contribution < -0.4 is 10.5 Å². The second-order valence-electron chi connectivity index (χ2n) is 4.22. The van der Waals surface area contributed by atoms with Crippen LogP contribution in [-0.2, 0) is 9.53 Å². The fourth-order valence-corrected chi connectivity index (χ4v) is 1.38. The van der Waals surface area contributed by atoms with Crippen molar-refractivity contribution in [3.05, 3.63) is 29.8 Å². The summed E-state index contributed by atoms with van der Waals surface area (Å²) in [5.74, 6) is 0.312. The van der Waals surface area contributed by atoms with E-state index in [0.717, 1.165) is 18.4 Å². The highest BCUT2D eigenvalue weighted by Gasteiger charge is 2.04. The van der Waals surface area contributed by atoms with Gasteiger partial charge in [-0.3, -0.25) is 0 Å². The minimum absolute atomic E-state index is 0.00180. The van der Waals surface area contributed by atoms with Gasteiger partial charge < -0.3 is 15.2 Å². The molecule has 1 aromatic rings. The molecule has 0 radical (unpaired) electrons. The van der Waals surface area contributed by atoms with Crippen molar-refractivity contribution in [1.29, 1.82) is 0 Å². The monoisotopic (exact) mass is 251 g/mol. The van der Waals surface area contributed by atoms with Gasteiger partial charge in [0.1, 0.15) is 5.75 Å². The number of unbranched alkanes of at least 4 members (excludes halogenated alkanes) is 1. The van der Waals surface area contributed by atoms with E-state index < -0.39 is 0 Å². The average Bonchev–Trinajstić information content (AvgIpc) is 2.37. The molecule has 0 saturated heterocycles. The summed E-state index contributed by atoms with van der Waals surface area (Å²) < 4.78 is 10.3. The first-order valence-corrected chi connectivity index (χ1v) is 6.27. The van der Waals surface area contributed by atoms with Crippen LogP contribution in [0.1, 0.15) is 38.3 Å². The summed E-state index contributed by atoms with van der Waals surface area (Å²) in [6.45, 7) is 4.37. The summed E-state index contributed by atoms with van der Waals surface area (Å²) in [4.78, 5) is 11.3. The molecule has 0 spiro atoms. The SMILES string of the molecule is CCCCOC(=O)COc1ccc(C(C)N)cc1. The van der Waals surface area contributed by atoms with Gasteiger partial charge in [0, 0.05) is 6.04 Å². The topological polar surface area (TPSA) is 61.5 Å². The Morgan fingerprint density at radius 3 is 2.56 bits per heavy atom. The molecular formula is C14H21NO3. The van der Waals surface area contributed by atoms with Gasteiger partial charge in [-0.05, 0) is 31.0 Å². The van der Waals surface area contributed by atoms with Crippen molar-refractivity contribution in [2.24, 2.45) is 5.73 Å². The Morgan fingerprint density at radius 2 is 2.00 bits per heavy atom. The molecule has 0 aliphatic rings. The van der Waals surface area contributed by atoms with Gasteiger partial charge in [-0.25, -0.2) is 4.79 Å². The van der Waals surface area contributed by atoms with Crippen LogP contribution in [-0.4, -0.2) is 19.2 Å². The highest BCUT2D eigenvalue weighted by atomic mass is 16.6. The zero-order valence-corrected chi connectivity index (χ0v) is 11.0. The summed E-state index contributed by atoms with van der Waals surface area (Å²) in [6.07, 6.45) is 1.89. The molecule has 0 aromatic heterocycles. The predicted octanol–water partition coefficient (Wildman–Crippen LogP) is 2.43. The molecule has 100 valence electrons. The van der Waals surface area contributed by atoms with Gasteiger partial charge in [-0.1, -0.05) is 25.5 Å². The first-order chi connectivity index (χ1) is 8.63. The summed E-state index contributed by atoms with van der Waals surface area (Å²) in [5.41, 5.74) is 6.77. The third kappa shape index (κ3) is 5.19. The van der Waals surface area contributed by atoms with Crippen LogP contribution in [0.2, 0.25) is 0 Å². The number of carbonyl (C=O) groups excluding carboxylic acids is 1. The Bertz CT molecular complexity index is 360. The lowest BCUT2D eigenvalue weighted by molar-refractivity contribution is -0.146. The van der Waals surface area contributed by atoms with Crippen LogP contribution in [0.25, 0.3) is 0 Å². The van der Waals surface area contributed by atoms with E-state index in [1.54, 1.807) is 12.1 Å². The summed E-state index contributed by atoms with van der Waals surface area (Å²) in [6, 6.07) is 7.39. The zero-order valence-electron chi connectivity index (χ0n) is 11.0. The normalized spacial score (nSPS) is 11.9. The molecule has 1 atom stereocenters. The van der Waals surface area contributed by atoms with Crippen molar-refractivity contribution in [3.8, 4) is 5.75 Å². The highest BCUT2D eigenvalue weighted by molar-refractivity contribution is 5.71. The maximum Gasteiger partial charge on any atom is 0.344 e. The van der Waals surface area contributed by atoms with Crippen LogP contribution in [0.3, 0.4) is 0 Å². The van der Waals surface area contributed by atoms with E-state index in [1.165, 1.54) is 0 Å². The number of ether oxygens (including phenoxy) is 2. The fraction of sp³-hybridized carbons (Fsp3) is 0.500. The quantitative estimate of drug-likeness (QED) is 0.597. The van der Waals surface area contributed by atoms with Crippen molar-refractivity contribution < 1.29 is 14.3 Å². The van der Waals surface area contributed by atoms with Crippen molar-refractivity contribution in [2.75, 3.05) is 13.2 Å². The Kier molecular flexibility index (Phi) is 6.22. The van der Waals surface area contributed by atoms with Gasteiger partial charge in [0.2, 0.25) is 0 Å². The Hall–Kier alpha value is -1.55. The van der Waals surface area contributed by atoms with Gasteiger partial charge in [0.05, 0.1) is 6.61 Å². The molecular weight excluding hydrogens is 230 g/mol. The number of esters is 1. The molecule has 4 heteroatoms. The zero-order chi connectivity index (χ0) is 13.4. The van der Waals surface area contributed by atoms with E-state index in [1.807, 2.05) is 26.0 Å². The summed E-state index contributed by atoms with van der Waals surface area (Å²) in [5, 5.41) is 0. The van der Waals surface area contributed by atoms with Crippen LogP contribution >= 0.6 is 0 Å². The molecule has 2 N–H and O–H groups in total. The lowest BCUT2D eigenvalue weighted by atomic mass is 10.1. The molecule has 4 nitrogen and oxygen atoms in total. The van der Waals surface area contributed by atoms with Crippen LogP contribution in [0.4, 0.5) is 0 Å². The largest absolute Gasteiger partial charge is 0.482 e. The molecule has 1 unspecified atom stereocenters. The van der Waals surface area contributed by atoms with Gasteiger partial charge in [-0.2, -0.15) is 0 Å². The summed E-state index contributed by atoms with van der Waals surface area (Å²) >= 11 is 0. The Labute approximate surface area is 108 Å². The number of nitrogens with two attached hydrogens (primary N) is 1. The number of hydrogen-bond donors (Lipinski definition) is 1. The van der Waals surface area contributed by atoms with Crippen molar-refractivity contribution in [1.82, 2.24) is 0 Å². The predicted molar refractivity (Wildman–Crippen MR) is 70.4 cm³/mol. The molecule has 0 aliphatic heterocycles. The van der Waals surface area contributed by atoms with Crippen molar-refractivity contribution in [3.63, 3.8) is 0 Å². The molecule has 0 saturated carbocycles. The third-order valence-corrected chi connectivity index (χ3v) is 2.52. The minimum Gasteiger partial charge on any atom is -0.482 e. The van der Waals surface area contributed by atoms with E-state index in [0.29, 0.717) is 12.4 Å². The Morgan fingerprint density at radius 1 is 1.33 bits per heavy atom. The highest BCUT2D eigenvalue weighted by Crippen LogP contribution is 2.15. The van der Waals surface area contributed by atoms with Crippen LogP contribution in [0.15, 0.2) is 24.3 Å². The number of rotatable bonds is 7. The second-order valence-corrected chi connectivity index (χ2v) is 4.22. The molecule has 0 heterocycles. The van der Waals surface area contributed by atoms with Gasteiger partial charge >= 0.3 is 5.97 Å². The van der Waals surface area contributed by atoms with E-state index >= 15 is 0 Å². The minimum atomic E-state index is -0.334. The van der Waals surface area contributed by atoms with Crippen LogP contribution in [0.5, 0.6) is 5.75 Å². The number of benzene rings is 1. The Balaban J connectivity index is 2.32. The summed E-state index contributed by atoms with van der Waals surface area (Å²) in [7, 11) is 0. The maximum atomic E-state index is 11.3. The van der Waals surface area contributed by atoms with Crippen molar-refractivity contribution in [2.45, 2.75) is 32.7 Å². The molecule has 0 fully saturated rings.